The number of halogens is 1. The summed E-state index contributed by atoms with van der Waals surface area (Å²) in [6.45, 7) is 3.11. The molecule has 2 aromatic carbocycles. The van der Waals surface area contributed by atoms with E-state index in [1.54, 1.807) is 18.2 Å². The van der Waals surface area contributed by atoms with Crippen molar-refractivity contribution in [1.82, 2.24) is 9.88 Å². The van der Waals surface area contributed by atoms with Crippen molar-refractivity contribution < 1.29 is 23.5 Å². The summed E-state index contributed by atoms with van der Waals surface area (Å²) in [7, 11) is 1.29. The van der Waals surface area contributed by atoms with Gasteiger partial charge in [-0.3, -0.25) is 9.59 Å². The number of rotatable bonds is 7. The molecule has 1 aromatic heterocycles. The Hall–Kier alpha value is -4.07. The van der Waals surface area contributed by atoms with Gasteiger partial charge in [-0.15, -0.1) is 0 Å². The Balaban J connectivity index is 1.27. The predicted octanol–water partition coefficient (Wildman–Crippen LogP) is 4.84. The standard InChI is InChI=1S/C29H30FN3O4/c1-19(17-20-3-8-24(30)9-4-20)27(34)32-25-10-5-21(6-11-25)22-13-15-33(16-14-22)28(35)23-7-12-26(31-18-23)29(36)37-2/h3-12,18-19,22H,13-17H2,1-2H3,(H,32,34). The van der Waals surface area contributed by atoms with E-state index in [0.717, 1.165) is 24.1 Å². The van der Waals surface area contributed by atoms with Crippen LogP contribution < -0.4 is 5.32 Å². The van der Waals surface area contributed by atoms with Crippen molar-refractivity contribution in [2.45, 2.75) is 32.1 Å². The lowest BCUT2D eigenvalue weighted by atomic mass is 9.89. The maximum absolute atomic E-state index is 13.1. The first-order valence-electron chi connectivity index (χ1n) is 12.3. The van der Waals surface area contributed by atoms with Gasteiger partial charge < -0.3 is 15.0 Å². The molecule has 0 radical (unpaired) electrons. The van der Waals surface area contributed by atoms with Gasteiger partial charge in [-0.25, -0.2) is 14.2 Å². The number of aromatic nitrogens is 1. The van der Waals surface area contributed by atoms with E-state index in [-0.39, 0.29) is 29.2 Å². The number of piperidine rings is 1. The number of anilines is 1. The van der Waals surface area contributed by atoms with Gasteiger partial charge in [-0.05, 0) is 72.7 Å². The lowest BCUT2D eigenvalue weighted by molar-refractivity contribution is -0.119. The van der Waals surface area contributed by atoms with Crippen LogP contribution in [0.4, 0.5) is 10.1 Å². The van der Waals surface area contributed by atoms with Crippen LogP contribution in [0.2, 0.25) is 0 Å². The van der Waals surface area contributed by atoms with Crippen LogP contribution in [-0.4, -0.2) is 47.9 Å². The van der Waals surface area contributed by atoms with Crippen LogP contribution in [-0.2, 0) is 16.0 Å². The maximum atomic E-state index is 13.1. The molecule has 1 aliphatic rings. The van der Waals surface area contributed by atoms with E-state index in [2.05, 4.69) is 15.0 Å². The third kappa shape index (κ3) is 6.58. The molecule has 3 aromatic rings. The minimum absolute atomic E-state index is 0.0852. The van der Waals surface area contributed by atoms with Gasteiger partial charge >= 0.3 is 5.97 Å². The Bertz CT molecular complexity index is 1240. The number of nitrogens with zero attached hydrogens (tertiary/aromatic N) is 2. The summed E-state index contributed by atoms with van der Waals surface area (Å²) in [6, 6.07) is 17.2. The maximum Gasteiger partial charge on any atom is 0.356 e. The number of nitrogens with one attached hydrogen (secondary N) is 1. The highest BCUT2D eigenvalue weighted by molar-refractivity contribution is 5.95. The highest BCUT2D eigenvalue weighted by atomic mass is 19.1. The van der Waals surface area contributed by atoms with Crippen LogP contribution in [0, 0.1) is 11.7 Å². The zero-order valence-corrected chi connectivity index (χ0v) is 20.9. The second-order valence-corrected chi connectivity index (χ2v) is 9.33. The molecule has 192 valence electrons. The first-order valence-corrected chi connectivity index (χ1v) is 12.3. The van der Waals surface area contributed by atoms with Crippen molar-refractivity contribution in [2.24, 2.45) is 5.92 Å². The molecule has 4 rings (SSSR count). The highest BCUT2D eigenvalue weighted by Crippen LogP contribution is 2.29. The van der Waals surface area contributed by atoms with Gasteiger partial charge in [0.2, 0.25) is 5.91 Å². The van der Waals surface area contributed by atoms with E-state index in [1.165, 1.54) is 37.1 Å². The number of carbonyl (C=O) groups excluding carboxylic acids is 3. The molecule has 1 saturated heterocycles. The Morgan fingerprint density at radius 1 is 1.03 bits per heavy atom. The Labute approximate surface area is 215 Å². The second kappa shape index (κ2) is 11.8. The third-order valence-corrected chi connectivity index (χ3v) is 6.74. The van der Waals surface area contributed by atoms with Gasteiger partial charge in [-0.1, -0.05) is 31.2 Å². The zero-order valence-electron chi connectivity index (χ0n) is 20.9. The molecule has 37 heavy (non-hydrogen) atoms. The molecule has 0 saturated carbocycles. The van der Waals surface area contributed by atoms with Gasteiger partial charge in [0.05, 0.1) is 12.7 Å². The quantitative estimate of drug-likeness (QED) is 0.466. The predicted molar refractivity (Wildman–Crippen MR) is 138 cm³/mol. The molecule has 0 bridgehead atoms. The Morgan fingerprint density at radius 3 is 2.30 bits per heavy atom. The fourth-order valence-electron chi connectivity index (χ4n) is 4.51. The SMILES string of the molecule is COC(=O)c1ccc(C(=O)N2CCC(c3ccc(NC(=O)C(C)Cc4ccc(F)cc4)cc3)CC2)cn1. The monoisotopic (exact) mass is 503 g/mol. The summed E-state index contributed by atoms with van der Waals surface area (Å²) in [4.78, 5) is 42.8. The highest BCUT2D eigenvalue weighted by Gasteiger charge is 2.25. The van der Waals surface area contributed by atoms with Gasteiger partial charge in [0.1, 0.15) is 11.5 Å². The number of carbonyl (C=O) groups is 3. The lowest BCUT2D eigenvalue weighted by Gasteiger charge is -2.32. The van der Waals surface area contributed by atoms with E-state index in [9.17, 15) is 18.8 Å². The Morgan fingerprint density at radius 2 is 1.70 bits per heavy atom. The number of pyridine rings is 1. The summed E-state index contributed by atoms with van der Waals surface area (Å²) in [5.41, 5.74) is 3.43. The number of hydrogen-bond donors (Lipinski definition) is 1. The first-order chi connectivity index (χ1) is 17.8. The van der Waals surface area contributed by atoms with Crippen LogP contribution in [0.15, 0.2) is 66.9 Å². The van der Waals surface area contributed by atoms with Crippen molar-refractivity contribution in [3.8, 4) is 0 Å². The van der Waals surface area contributed by atoms with Gasteiger partial charge in [0.25, 0.3) is 5.91 Å². The van der Waals surface area contributed by atoms with Crippen molar-refractivity contribution in [1.29, 1.82) is 0 Å². The topological polar surface area (TPSA) is 88.6 Å². The van der Waals surface area contributed by atoms with Crippen molar-refractivity contribution in [3.05, 3.63) is 95.1 Å². The third-order valence-electron chi connectivity index (χ3n) is 6.74. The number of methoxy groups -OCH3 is 1. The molecule has 1 fully saturated rings. The summed E-state index contributed by atoms with van der Waals surface area (Å²) in [5.74, 6) is -0.940. The molecule has 0 spiro atoms. The van der Waals surface area contributed by atoms with Crippen molar-refractivity contribution in [3.63, 3.8) is 0 Å². The van der Waals surface area contributed by atoms with Gasteiger partial charge in [-0.2, -0.15) is 0 Å². The number of hydrogen-bond acceptors (Lipinski definition) is 5. The van der Waals surface area contributed by atoms with Gasteiger partial charge in [0.15, 0.2) is 0 Å². The minimum Gasteiger partial charge on any atom is -0.464 e. The Kier molecular flexibility index (Phi) is 8.28. The average molecular weight is 504 g/mol. The number of esters is 1. The summed E-state index contributed by atoms with van der Waals surface area (Å²) in [6.07, 6.45) is 3.61. The molecule has 2 amide bonds. The van der Waals surface area contributed by atoms with Crippen LogP contribution in [0.25, 0.3) is 0 Å². The fourth-order valence-corrected chi connectivity index (χ4v) is 4.51. The summed E-state index contributed by atoms with van der Waals surface area (Å²) >= 11 is 0. The molecular formula is C29H30FN3O4. The van der Waals surface area contributed by atoms with E-state index < -0.39 is 5.97 Å². The van der Waals surface area contributed by atoms with Crippen LogP contribution in [0.3, 0.4) is 0 Å². The smallest absolute Gasteiger partial charge is 0.356 e. The molecule has 1 unspecified atom stereocenters. The minimum atomic E-state index is -0.537. The largest absolute Gasteiger partial charge is 0.464 e. The lowest BCUT2D eigenvalue weighted by Crippen LogP contribution is -2.38. The van der Waals surface area contributed by atoms with Gasteiger partial charge in [0, 0.05) is 30.9 Å². The van der Waals surface area contributed by atoms with Crippen molar-refractivity contribution >= 4 is 23.5 Å². The summed E-state index contributed by atoms with van der Waals surface area (Å²) in [5, 5.41) is 2.96. The van der Waals surface area contributed by atoms with E-state index in [4.69, 9.17) is 0 Å². The number of benzene rings is 2. The number of likely N-dealkylation sites (tertiary alicyclic amines) is 1. The fraction of sp³-hybridized carbons (Fsp3) is 0.310. The molecule has 8 heteroatoms. The molecule has 0 aliphatic carbocycles. The number of ether oxygens (including phenoxy) is 1. The molecule has 1 N–H and O–H groups in total. The first kappa shape index (κ1) is 26.0. The second-order valence-electron chi connectivity index (χ2n) is 9.33. The van der Waals surface area contributed by atoms with E-state index in [1.807, 2.05) is 36.1 Å². The molecule has 1 aliphatic heterocycles. The zero-order chi connectivity index (χ0) is 26.4. The van der Waals surface area contributed by atoms with Crippen molar-refractivity contribution in [2.75, 3.05) is 25.5 Å². The molecule has 1 atom stereocenters. The van der Waals surface area contributed by atoms with E-state index >= 15 is 0 Å². The van der Waals surface area contributed by atoms with Crippen LogP contribution >= 0.6 is 0 Å². The molecule has 7 nitrogen and oxygen atoms in total. The van der Waals surface area contributed by atoms with Crippen LogP contribution in [0.1, 0.15) is 57.7 Å². The average Bonchev–Trinajstić information content (AvgIpc) is 2.94. The number of amides is 2. The normalized spacial score (nSPS) is 14.6. The summed E-state index contributed by atoms with van der Waals surface area (Å²) < 4.78 is 17.7. The molecule has 2 heterocycles. The van der Waals surface area contributed by atoms with Crippen LogP contribution in [0.5, 0.6) is 0 Å². The molecular weight excluding hydrogens is 473 g/mol. The van der Waals surface area contributed by atoms with E-state index in [0.29, 0.717) is 31.0 Å².